The molecule has 3 amide bonds. The van der Waals surface area contributed by atoms with E-state index in [1.54, 1.807) is 29.1 Å². The number of hydrogen-bond acceptors (Lipinski definition) is 5. The van der Waals surface area contributed by atoms with E-state index in [2.05, 4.69) is 15.7 Å². The number of methoxy groups -OCH3 is 1. The zero-order valence-electron chi connectivity index (χ0n) is 13.3. The Kier molecular flexibility index (Phi) is 5.11. The van der Waals surface area contributed by atoms with E-state index in [0.29, 0.717) is 31.9 Å². The second-order valence-electron chi connectivity index (χ2n) is 5.32. The summed E-state index contributed by atoms with van der Waals surface area (Å²) in [7, 11) is 1.62. The average molecular weight is 349 g/mol. The largest absolute Gasteiger partial charge is 0.383 e. The number of hydrogen-bond donors (Lipinski definition) is 2. The molecule has 3 heterocycles. The molecule has 2 aromatic heterocycles. The highest BCUT2D eigenvalue weighted by atomic mass is 32.1. The molecule has 1 saturated heterocycles. The van der Waals surface area contributed by atoms with Crippen LogP contribution >= 0.6 is 11.3 Å². The van der Waals surface area contributed by atoms with Gasteiger partial charge in [-0.2, -0.15) is 5.10 Å². The summed E-state index contributed by atoms with van der Waals surface area (Å²) in [6.45, 7) is 2.05. The summed E-state index contributed by atoms with van der Waals surface area (Å²) in [4.78, 5) is 27.2. The third-order valence-corrected chi connectivity index (χ3v) is 4.62. The van der Waals surface area contributed by atoms with Crippen molar-refractivity contribution in [1.29, 1.82) is 0 Å². The van der Waals surface area contributed by atoms with Gasteiger partial charge in [0.05, 0.1) is 25.0 Å². The molecule has 0 saturated carbocycles. The van der Waals surface area contributed by atoms with E-state index in [0.717, 1.165) is 4.88 Å². The van der Waals surface area contributed by atoms with Crippen LogP contribution in [0.1, 0.15) is 10.9 Å². The smallest absolute Gasteiger partial charge is 0.322 e. The summed E-state index contributed by atoms with van der Waals surface area (Å²) < 4.78 is 6.69. The molecule has 1 aliphatic rings. The standard InChI is InChI=1S/C15H19N5O3S/c1-23-7-6-19-10-11(9-17-19)18-15(22)20-5-4-16-14(21)13(20)12-3-2-8-24-12/h2-3,8-10,13H,4-7H2,1H3,(H,16,21)(H,18,22)/t13-/m0/s1. The van der Waals surface area contributed by atoms with Crippen molar-refractivity contribution in [3.63, 3.8) is 0 Å². The molecule has 9 heteroatoms. The van der Waals surface area contributed by atoms with E-state index >= 15 is 0 Å². The Labute approximate surface area is 143 Å². The van der Waals surface area contributed by atoms with Crippen LogP contribution in [0.25, 0.3) is 0 Å². The molecule has 0 unspecified atom stereocenters. The lowest BCUT2D eigenvalue weighted by Gasteiger charge is -2.34. The van der Waals surface area contributed by atoms with Gasteiger partial charge in [0, 0.05) is 31.3 Å². The summed E-state index contributed by atoms with van der Waals surface area (Å²) in [6.07, 6.45) is 3.32. The topological polar surface area (TPSA) is 88.5 Å². The fourth-order valence-electron chi connectivity index (χ4n) is 2.55. The second kappa shape index (κ2) is 7.45. The maximum Gasteiger partial charge on any atom is 0.322 e. The number of aromatic nitrogens is 2. The van der Waals surface area contributed by atoms with Crippen molar-refractivity contribution in [1.82, 2.24) is 20.0 Å². The number of piperazine rings is 1. The first kappa shape index (κ1) is 16.5. The van der Waals surface area contributed by atoms with Crippen LogP contribution in [-0.2, 0) is 16.1 Å². The number of nitrogens with zero attached hydrogens (tertiary/aromatic N) is 3. The van der Waals surface area contributed by atoms with Crippen molar-refractivity contribution in [2.75, 3.05) is 32.1 Å². The van der Waals surface area contributed by atoms with Gasteiger partial charge in [0.1, 0.15) is 6.04 Å². The van der Waals surface area contributed by atoms with Gasteiger partial charge in [-0.1, -0.05) is 6.07 Å². The van der Waals surface area contributed by atoms with Crippen LogP contribution in [0.5, 0.6) is 0 Å². The molecule has 24 heavy (non-hydrogen) atoms. The van der Waals surface area contributed by atoms with E-state index in [4.69, 9.17) is 4.74 Å². The van der Waals surface area contributed by atoms with Crippen LogP contribution in [0.3, 0.4) is 0 Å². The van der Waals surface area contributed by atoms with Gasteiger partial charge in [-0.15, -0.1) is 11.3 Å². The van der Waals surface area contributed by atoms with Gasteiger partial charge < -0.3 is 20.3 Å². The normalized spacial score (nSPS) is 17.6. The molecular formula is C15H19N5O3S. The van der Waals surface area contributed by atoms with Crippen molar-refractivity contribution in [2.45, 2.75) is 12.6 Å². The number of rotatable bonds is 5. The minimum Gasteiger partial charge on any atom is -0.383 e. The Morgan fingerprint density at radius 2 is 2.46 bits per heavy atom. The monoisotopic (exact) mass is 349 g/mol. The van der Waals surface area contributed by atoms with Gasteiger partial charge in [0.2, 0.25) is 5.91 Å². The zero-order chi connectivity index (χ0) is 16.9. The Morgan fingerprint density at radius 1 is 1.58 bits per heavy atom. The number of ether oxygens (including phenoxy) is 1. The lowest BCUT2D eigenvalue weighted by molar-refractivity contribution is -0.127. The molecule has 0 radical (unpaired) electrons. The van der Waals surface area contributed by atoms with E-state index < -0.39 is 6.04 Å². The van der Waals surface area contributed by atoms with Crippen molar-refractivity contribution < 1.29 is 14.3 Å². The average Bonchev–Trinajstić information content (AvgIpc) is 3.24. The summed E-state index contributed by atoms with van der Waals surface area (Å²) in [5, 5.41) is 11.7. The summed E-state index contributed by atoms with van der Waals surface area (Å²) in [6, 6.07) is 2.83. The molecule has 0 aromatic carbocycles. The molecule has 1 atom stereocenters. The van der Waals surface area contributed by atoms with Crippen molar-refractivity contribution in [3.8, 4) is 0 Å². The van der Waals surface area contributed by atoms with Crippen LogP contribution in [0.2, 0.25) is 0 Å². The maximum atomic E-state index is 12.6. The van der Waals surface area contributed by atoms with Crippen molar-refractivity contribution in [2.24, 2.45) is 0 Å². The van der Waals surface area contributed by atoms with Gasteiger partial charge in [-0.05, 0) is 11.4 Å². The molecular weight excluding hydrogens is 330 g/mol. The maximum absolute atomic E-state index is 12.6. The summed E-state index contributed by atoms with van der Waals surface area (Å²) >= 11 is 1.46. The lowest BCUT2D eigenvalue weighted by atomic mass is 10.1. The molecule has 3 rings (SSSR count). The van der Waals surface area contributed by atoms with Gasteiger partial charge in [0.15, 0.2) is 0 Å². The van der Waals surface area contributed by atoms with E-state index in [1.165, 1.54) is 11.3 Å². The molecule has 1 aliphatic heterocycles. The number of anilines is 1. The molecule has 2 N–H and O–H groups in total. The number of carbonyl (C=O) groups excluding carboxylic acids is 2. The zero-order valence-corrected chi connectivity index (χ0v) is 14.1. The first-order valence-corrected chi connectivity index (χ1v) is 8.47. The van der Waals surface area contributed by atoms with Crippen LogP contribution < -0.4 is 10.6 Å². The van der Waals surface area contributed by atoms with Crippen LogP contribution in [-0.4, -0.2) is 53.4 Å². The fourth-order valence-corrected chi connectivity index (χ4v) is 3.38. The predicted molar refractivity (Wildman–Crippen MR) is 89.9 cm³/mol. The van der Waals surface area contributed by atoms with E-state index in [9.17, 15) is 9.59 Å². The van der Waals surface area contributed by atoms with E-state index in [1.807, 2.05) is 17.5 Å². The third-order valence-electron chi connectivity index (χ3n) is 3.69. The quantitative estimate of drug-likeness (QED) is 0.851. The predicted octanol–water partition coefficient (Wildman–Crippen LogP) is 1.30. The number of thiophene rings is 1. The van der Waals surface area contributed by atoms with Crippen molar-refractivity contribution in [3.05, 3.63) is 34.8 Å². The number of carbonyl (C=O) groups is 2. The van der Waals surface area contributed by atoms with Gasteiger partial charge >= 0.3 is 6.03 Å². The number of urea groups is 1. The molecule has 1 fully saturated rings. The van der Waals surface area contributed by atoms with Crippen LogP contribution in [0.4, 0.5) is 10.5 Å². The molecule has 0 bridgehead atoms. The molecule has 0 aliphatic carbocycles. The third kappa shape index (κ3) is 3.57. The van der Waals surface area contributed by atoms with Gasteiger partial charge in [-0.3, -0.25) is 9.48 Å². The number of amides is 3. The van der Waals surface area contributed by atoms with Gasteiger partial charge in [0.25, 0.3) is 0 Å². The first-order chi connectivity index (χ1) is 11.7. The fraction of sp³-hybridized carbons (Fsp3) is 0.400. The lowest BCUT2D eigenvalue weighted by Crippen LogP contribution is -2.53. The minimum absolute atomic E-state index is 0.158. The molecule has 0 spiro atoms. The van der Waals surface area contributed by atoms with Crippen molar-refractivity contribution >= 4 is 29.0 Å². The minimum atomic E-state index is -0.595. The van der Waals surface area contributed by atoms with Gasteiger partial charge in [-0.25, -0.2) is 4.79 Å². The summed E-state index contributed by atoms with van der Waals surface area (Å²) in [5.41, 5.74) is 0.590. The second-order valence-corrected chi connectivity index (χ2v) is 6.30. The Hall–Kier alpha value is -2.39. The highest BCUT2D eigenvalue weighted by Gasteiger charge is 2.35. The number of nitrogens with one attached hydrogen (secondary N) is 2. The molecule has 128 valence electrons. The Morgan fingerprint density at radius 3 is 3.21 bits per heavy atom. The Balaban J connectivity index is 1.70. The molecule has 8 nitrogen and oxygen atoms in total. The Bertz CT molecular complexity index is 700. The summed E-state index contributed by atoms with van der Waals surface area (Å²) in [5.74, 6) is -0.158. The SMILES string of the molecule is COCCn1cc(NC(=O)N2CCNC(=O)[C@@H]2c2cccs2)cn1. The van der Waals surface area contributed by atoms with Crippen LogP contribution in [0, 0.1) is 0 Å². The highest BCUT2D eigenvalue weighted by molar-refractivity contribution is 7.10. The van der Waals surface area contributed by atoms with E-state index in [-0.39, 0.29) is 11.9 Å². The highest BCUT2D eigenvalue weighted by Crippen LogP contribution is 2.27. The molecule has 2 aromatic rings. The van der Waals surface area contributed by atoms with Crippen LogP contribution in [0.15, 0.2) is 29.9 Å². The first-order valence-electron chi connectivity index (χ1n) is 7.59.